The fraction of sp³-hybridized carbons (Fsp3) is 0.0526. The SMILES string of the molecule is C#CCOc1c(Br)cc(/C=N/NC(=O)c2cc3cc(Br)ccc3o2)cc1Br. The lowest BCUT2D eigenvalue weighted by Crippen LogP contribution is -2.16. The van der Waals surface area contributed by atoms with E-state index in [0.717, 1.165) is 15.4 Å². The van der Waals surface area contributed by atoms with Crippen LogP contribution in [0.1, 0.15) is 16.1 Å². The lowest BCUT2D eigenvalue weighted by atomic mass is 10.2. The summed E-state index contributed by atoms with van der Waals surface area (Å²) in [5.74, 6) is 2.75. The van der Waals surface area contributed by atoms with Gasteiger partial charge in [-0.2, -0.15) is 5.10 Å². The van der Waals surface area contributed by atoms with Crippen LogP contribution in [0.25, 0.3) is 11.0 Å². The first-order valence-electron chi connectivity index (χ1n) is 7.55. The molecule has 0 spiro atoms. The number of rotatable bonds is 5. The Bertz CT molecular complexity index is 1060. The third kappa shape index (κ3) is 4.80. The predicted octanol–water partition coefficient (Wildman–Crippen LogP) is 5.50. The van der Waals surface area contributed by atoms with E-state index in [-0.39, 0.29) is 12.4 Å². The number of terminal acetylenes is 1. The largest absolute Gasteiger partial charge is 0.479 e. The molecular weight excluding hydrogens is 544 g/mol. The van der Waals surface area contributed by atoms with Gasteiger partial charge in [0.05, 0.1) is 15.2 Å². The number of hydrogen-bond acceptors (Lipinski definition) is 4. The Hall–Kier alpha value is -2.08. The number of ether oxygens (including phenoxy) is 1. The van der Waals surface area contributed by atoms with E-state index in [1.165, 1.54) is 6.21 Å². The summed E-state index contributed by atoms with van der Waals surface area (Å²) in [5.41, 5.74) is 3.82. The van der Waals surface area contributed by atoms with Gasteiger partial charge in [-0.15, -0.1) is 6.42 Å². The molecule has 1 aromatic heterocycles. The van der Waals surface area contributed by atoms with E-state index < -0.39 is 5.91 Å². The van der Waals surface area contributed by atoms with Crippen molar-refractivity contribution in [1.82, 2.24) is 5.43 Å². The molecule has 1 heterocycles. The van der Waals surface area contributed by atoms with Crippen LogP contribution in [0.15, 0.2) is 59.3 Å². The summed E-state index contributed by atoms with van der Waals surface area (Å²) >= 11 is 10.2. The van der Waals surface area contributed by atoms with Gasteiger partial charge in [0.1, 0.15) is 17.9 Å². The van der Waals surface area contributed by atoms with Crippen LogP contribution in [-0.2, 0) is 0 Å². The predicted molar refractivity (Wildman–Crippen MR) is 115 cm³/mol. The number of hydrogen-bond donors (Lipinski definition) is 1. The van der Waals surface area contributed by atoms with Crippen molar-refractivity contribution < 1.29 is 13.9 Å². The number of nitrogens with zero attached hydrogens (tertiary/aromatic N) is 1. The maximum atomic E-state index is 12.2. The number of hydrazone groups is 1. The number of carbonyl (C=O) groups is 1. The maximum Gasteiger partial charge on any atom is 0.307 e. The molecule has 0 bridgehead atoms. The second kappa shape index (κ2) is 8.74. The molecule has 136 valence electrons. The van der Waals surface area contributed by atoms with Crippen LogP contribution in [0, 0.1) is 12.3 Å². The van der Waals surface area contributed by atoms with Gasteiger partial charge < -0.3 is 9.15 Å². The number of furan rings is 1. The van der Waals surface area contributed by atoms with Crippen LogP contribution in [0.2, 0.25) is 0 Å². The van der Waals surface area contributed by atoms with Crippen molar-refractivity contribution in [3.8, 4) is 18.1 Å². The van der Waals surface area contributed by atoms with Gasteiger partial charge in [0.15, 0.2) is 5.76 Å². The molecule has 0 aliphatic heterocycles. The summed E-state index contributed by atoms with van der Waals surface area (Å²) in [7, 11) is 0. The minimum Gasteiger partial charge on any atom is -0.479 e. The number of benzene rings is 2. The average Bonchev–Trinajstić information content (AvgIpc) is 3.04. The fourth-order valence-corrected chi connectivity index (χ4v) is 4.08. The van der Waals surface area contributed by atoms with Crippen molar-refractivity contribution in [2.75, 3.05) is 6.61 Å². The second-order valence-electron chi connectivity index (χ2n) is 5.30. The molecule has 5 nitrogen and oxygen atoms in total. The first kappa shape index (κ1) is 19.7. The first-order chi connectivity index (χ1) is 13.0. The van der Waals surface area contributed by atoms with E-state index in [1.54, 1.807) is 24.3 Å². The van der Waals surface area contributed by atoms with Crippen LogP contribution in [-0.4, -0.2) is 18.7 Å². The smallest absolute Gasteiger partial charge is 0.307 e. The highest BCUT2D eigenvalue weighted by Crippen LogP contribution is 2.34. The zero-order valence-corrected chi connectivity index (χ0v) is 18.4. The molecule has 8 heteroatoms. The molecule has 2 aromatic carbocycles. The first-order valence-corrected chi connectivity index (χ1v) is 9.93. The van der Waals surface area contributed by atoms with Gasteiger partial charge in [0.2, 0.25) is 0 Å². The highest BCUT2D eigenvalue weighted by atomic mass is 79.9. The topological polar surface area (TPSA) is 63.8 Å². The van der Waals surface area contributed by atoms with Crippen LogP contribution < -0.4 is 10.2 Å². The highest BCUT2D eigenvalue weighted by Gasteiger charge is 2.12. The van der Waals surface area contributed by atoms with Crippen molar-refractivity contribution >= 4 is 70.9 Å². The third-order valence-corrected chi connectivity index (χ3v) is 5.07. The molecule has 0 atom stereocenters. The second-order valence-corrected chi connectivity index (χ2v) is 7.92. The molecule has 0 unspecified atom stereocenters. The molecule has 3 rings (SSSR count). The molecule has 27 heavy (non-hydrogen) atoms. The lowest BCUT2D eigenvalue weighted by molar-refractivity contribution is 0.0929. The Labute approximate surface area is 180 Å². The van der Waals surface area contributed by atoms with Gasteiger partial charge >= 0.3 is 5.91 Å². The van der Waals surface area contributed by atoms with Gasteiger partial charge in [-0.25, -0.2) is 5.43 Å². The molecule has 0 aliphatic rings. The Balaban J connectivity index is 1.71. The van der Waals surface area contributed by atoms with Crippen molar-refractivity contribution in [2.24, 2.45) is 5.10 Å². The Kier molecular flexibility index (Phi) is 6.37. The van der Waals surface area contributed by atoms with E-state index in [9.17, 15) is 4.79 Å². The summed E-state index contributed by atoms with van der Waals surface area (Å²) in [5, 5.41) is 4.80. The Morgan fingerprint density at radius 1 is 1.22 bits per heavy atom. The lowest BCUT2D eigenvalue weighted by Gasteiger charge is -2.08. The van der Waals surface area contributed by atoms with Crippen LogP contribution in [0.4, 0.5) is 0 Å². The van der Waals surface area contributed by atoms with Crippen LogP contribution in [0.5, 0.6) is 5.75 Å². The van der Waals surface area contributed by atoms with E-state index in [2.05, 4.69) is 64.2 Å². The molecule has 0 saturated carbocycles. The summed E-state index contributed by atoms with van der Waals surface area (Å²) in [4.78, 5) is 12.2. The van der Waals surface area contributed by atoms with Gasteiger partial charge in [-0.3, -0.25) is 4.79 Å². The van der Waals surface area contributed by atoms with Gasteiger partial charge in [0, 0.05) is 9.86 Å². The van der Waals surface area contributed by atoms with Crippen LogP contribution >= 0.6 is 47.8 Å². The van der Waals surface area contributed by atoms with Crippen LogP contribution in [0.3, 0.4) is 0 Å². The zero-order valence-electron chi connectivity index (χ0n) is 13.6. The minimum absolute atomic E-state index is 0.161. The molecule has 0 fully saturated rings. The van der Waals surface area contributed by atoms with Gasteiger partial charge in [0.25, 0.3) is 0 Å². The molecule has 1 N–H and O–H groups in total. The molecule has 0 saturated heterocycles. The molecule has 0 radical (unpaired) electrons. The Morgan fingerprint density at radius 3 is 2.67 bits per heavy atom. The zero-order chi connectivity index (χ0) is 19.4. The van der Waals surface area contributed by atoms with Gasteiger partial charge in [-0.05, 0) is 73.8 Å². The van der Waals surface area contributed by atoms with E-state index in [4.69, 9.17) is 15.6 Å². The summed E-state index contributed by atoms with van der Waals surface area (Å²) in [6.45, 7) is 0.161. The standard InChI is InChI=1S/C19H11Br3N2O3/c1-2-5-26-18-14(21)6-11(7-15(18)22)10-23-24-19(25)17-9-12-8-13(20)3-4-16(12)27-17/h1,3-4,6-10H,5H2,(H,24,25)/b23-10+. The average molecular weight is 555 g/mol. The number of fused-ring (bicyclic) bond motifs is 1. The van der Waals surface area contributed by atoms with Gasteiger partial charge in [-0.1, -0.05) is 21.9 Å². The van der Waals surface area contributed by atoms with E-state index in [1.807, 2.05) is 12.1 Å². The summed E-state index contributed by atoms with van der Waals surface area (Å²) in [6, 6.07) is 10.8. The highest BCUT2D eigenvalue weighted by molar-refractivity contribution is 9.11. The summed E-state index contributed by atoms with van der Waals surface area (Å²) < 4.78 is 13.3. The number of nitrogens with one attached hydrogen (secondary N) is 1. The van der Waals surface area contributed by atoms with Crippen molar-refractivity contribution in [2.45, 2.75) is 0 Å². The van der Waals surface area contributed by atoms with Crippen molar-refractivity contribution in [3.63, 3.8) is 0 Å². The normalized spacial score (nSPS) is 10.9. The third-order valence-electron chi connectivity index (χ3n) is 3.40. The Morgan fingerprint density at radius 2 is 1.96 bits per heavy atom. The summed E-state index contributed by atoms with van der Waals surface area (Å²) in [6.07, 6.45) is 6.71. The minimum atomic E-state index is -0.439. The van der Waals surface area contributed by atoms with E-state index >= 15 is 0 Å². The quantitative estimate of drug-likeness (QED) is 0.257. The number of amides is 1. The van der Waals surface area contributed by atoms with Crippen molar-refractivity contribution in [3.05, 3.63) is 61.1 Å². The molecule has 0 aliphatic carbocycles. The monoisotopic (exact) mass is 552 g/mol. The number of halogens is 3. The number of carbonyl (C=O) groups excluding carboxylic acids is 1. The van der Waals surface area contributed by atoms with E-state index in [0.29, 0.717) is 20.3 Å². The fourth-order valence-electron chi connectivity index (χ4n) is 2.25. The molecule has 1 amide bonds. The molecule has 3 aromatic rings. The molecular formula is C19H11Br3N2O3. The van der Waals surface area contributed by atoms with Crippen molar-refractivity contribution in [1.29, 1.82) is 0 Å². The maximum absolute atomic E-state index is 12.2.